The number of hydrogen-bond donors (Lipinski definition) is 1. The Morgan fingerprint density at radius 3 is 2.61 bits per heavy atom. The number of esters is 1. The summed E-state index contributed by atoms with van der Waals surface area (Å²) in [6, 6.07) is 4.64. The SMILES string of the molecule is [B]Cc1c([B])cccc1C(=O)OCCS(=O)(=O)O. The van der Waals surface area contributed by atoms with Crippen molar-refractivity contribution in [2.24, 2.45) is 0 Å². The average Bonchev–Trinajstić information content (AvgIpc) is 2.26. The molecule has 18 heavy (non-hydrogen) atoms. The lowest BCUT2D eigenvalue weighted by Gasteiger charge is -2.10. The van der Waals surface area contributed by atoms with Crippen LogP contribution in [0.3, 0.4) is 0 Å². The maximum Gasteiger partial charge on any atom is 0.338 e. The molecule has 1 aromatic carbocycles. The molecule has 0 amide bonds. The van der Waals surface area contributed by atoms with Crippen molar-refractivity contribution in [1.29, 1.82) is 0 Å². The summed E-state index contributed by atoms with van der Waals surface area (Å²) < 4.78 is 34.1. The van der Waals surface area contributed by atoms with Crippen molar-refractivity contribution in [3.8, 4) is 0 Å². The molecule has 1 aromatic rings. The first-order valence-corrected chi connectivity index (χ1v) is 6.66. The molecule has 0 bridgehead atoms. The fourth-order valence-corrected chi connectivity index (χ4v) is 1.64. The molecule has 0 saturated heterocycles. The number of ether oxygens (including phenoxy) is 1. The summed E-state index contributed by atoms with van der Waals surface area (Å²) in [5.74, 6) is -1.38. The molecule has 0 unspecified atom stereocenters. The number of benzene rings is 1. The van der Waals surface area contributed by atoms with Crippen LogP contribution in [0.1, 0.15) is 15.9 Å². The molecule has 0 spiro atoms. The molecule has 0 aromatic heterocycles. The van der Waals surface area contributed by atoms with Crippen LogP contribution in [0.4, 0.5) is 0 Å². The molecule has 8 heteroatoms. The highest BCUT2D eigenvalue weighted by Crippen LogP contribution is 2.08. The van der Waals surface area contributed by atoms with Crippen molar-refractivity contribution in [3.05, 3.63) is 29.3 Å². The van der Waals surface area contributed by atoms with E-state index >= 15 is 0 Å². The summed E-state index contributed by atoms with van der Waals surface area (Å²) in [6.07, 6.45) is 0.0649. The average molecular weight is 264 g/mol. The van der Waals surface area contributed by atoms with E-state index in [0.717, 1.165) is 0 Å². The summed E-state index contributed by atoms with van der Waals surface area (Å²) in [4.78, 5) is 11.7. The zero-order chi connectivity index (χ0) is 13.8. The molecule has 0 atom stereocenters. The number of carbonyl (C=O) groups is 1. The van der Waals surface area contributed by atoms with Gasteiger partial charge in [-0.3, -0.25) is 4.55 Å². The number of carbonyl (C=O) groups excluding carboxylic acids is 1. The first-order valence-electron chi connectivity index (χ1n) is 5.05. The van der Waals surface area contributed by atoms with Crippen molar-refractivity contribution in [2.45, 2.75) is 6.32 Å². The van der Waals surface area contributed by atoms with E-state index in [1.165, 1.54) is 6.07 Å². The van der Waals surface area contributed by atoms with Gasteiger partial charge < -0.3 is 4.74 Å². The monoisotopic (exact) mass is 264 g/mol. The highest BCUT2D eigenvalue weighted by atomic mass is 32.2. The van der Waals surface area contributed by atoms with E-state index < -0.39 is 28.4 Å². The fraction of sp³-hybridized carbons (Fsp3) is 0.300. The Labute approximate surface area is 108 Å². The topological polar surface area (TPSA) is 80.7 Å². The molecule has 0 fully saturated rings. The smallest absolute Gasteiger partial charge is 0.338 e. The minimum atomic E-state index is -4.15. The molecular weight excluding hydrogens is 254 g/mol. The lowest BCUT2D eigenvalue weighted by Crippen LogP contribution is -2.20. The quantitative estimate of drug-likeness (QED) is 0.427. The van der Waals surface area contributed by atoms with E-state index in [4.69, 9.17) is 25.0 Å². The van der Waals surface area contributed by atoms with Crippen molar-refractivity contribution < 1.29 is 22.5 Å². The third kappa shape index (κ3) is 4.19. The van der Waals surface area contributed by atoms with Gasteiger partial charge >= 0.3 is 5.97 Å². The van der Waals surface area contributed by atoms with Crippen molar-refractivity contribution >= 4 is 37.2 Å². The van der Waals surface area contributed by atoms with Crippen LogP contribution < -0.4 is 5.46 Å². The maximum atomic E-state index is 11.7. The molecule has 0 saturated carbocycles. The maximum absolute atomic E-state index is 11.7. The zero-order valence-electron chi connectivity index (χ0n) is 9.50. The van der Waals surface area contributed by atoms with Gasteiger partial charge in [0, 0.05) is 0 Å². The number of rotatable bonds is 5. The van der Waals surface area contributed by atoms with Crippen LogP contribution in [0.25, 0.3) is 0 Å². The van der Waals surface area contributed by atoms with Crippen LogP contribution in [0, 0.1) is 0 Å². The van der Waals surface area contributed by atoms with Crippen LogP contribution in [0.5, 0.6) is 0 Å². The molecule has 1 rings (SSSR count). The molecule has 5 nitrogen and oxygen atoms in total. The van der Waals surface area contributed by atoms with Crippen LogP contribution >= 0.6 is 0 Å². The van der Waals surface area contributed by atoms with Crippen LogP contribution in [0.2, 0.25) is 0 Å². The second-order valence-electron chi connectivity index (χ2n) is 3.50. The van der Waals surface area contributed by atoms with Crippen LogP contribution in [0.15, 0.2) is 18.2 Å². The van der Waals surface area contributed by atoms with E-state index in [-0.39, 0.29) is 11.9 Å². The van der Waals surface area contributed by atoms with Gasteiger partial charge in [0.15, 0.2) is 0 Å². The van der Waals surface area contributed by atoms with E-state index in [1.54, 1.807) is 12.1 Å². The van der Waals surface area contributed by atoms with Gasteiger partial charge in [0.1, 0.15) is 20.2 Å². The Morgan fingerprint density at radius 2 is 2.06 bits per heavy atom. The van der Waals surface area contributed by atoms with Crippen molar-refractivity contribution in [3.63, 3.8) is 0 Å². The lowest BCUT2D eigenvalue weighted by molar-refractivity contribution is 0.0527. The molecule has 1 N–H and O–H groups in total. The lowest BCUT2D eigenvalue weighted by atomic mass is 9.81. The van der Waals surface area contributed by atoms with Crippen molar-refractivity contribution in [2.75, 3.05) is 12.4 Å². The minimum Gasteiger partial charge on any atom is -0.461 e. The van der Waals surface area contributed by atoms with Gasteiger partial charge in [0.2, 0.25) is 0 Å². The van der Waals surface area contributed by atoms with Crippen molar-refractivity contribution in [1.82, 2.24) is 0 Å². The van der Waals surface area contributed by atoms with Gasteiger partial charge in [-0.25, -0.2) is 4.79 Å². The molecule has 0 heterocycles. The zero-order valence-corrected chi connectivity index (χ0v) is 10.3. The standard InChI is InChI=1S/C10H10B2O5S/c11-6-8-7(2-1-3-9(8)12)10(13)17-4-5-18(14,15)16/h1-3H,4-6H2,(H,14,15,16). The predicted molar refractivity (Wildman–Crippen MR) is 68.0 cm³/mol. The fourth-order valence-electron chi connectivity index (χ4n) is 1.34. The summed E-state index contributed by atoms with van der Waals surface area (Å²) in [6.45, 7) is -0.434. The Kier molecular flexibility index (Phi) is 4.98. The Morgan fingerprint density at radius 1 is 1.39 bits per heavy atom. The molecule has 4 radical (unpaired) electrons. The third-order valence-electron chi connectivity index (χ3n) is 2.21. The summed E-state index contributed by atoms with van der Waals surface area (Å²) >= 11 is 0. The second kappa shape index (κ2) is 6.06. The van der Waals surface area contributed by atoms with Gasteiger partial charge in [-0.15, -0.1) is 0 Å². The first-order chi connectivity index (χ1) is 8.35. The van der Waals surface area contributed by atoms with Gasteiger partial charge in [-0.1, -0.05) is 23.9 Å². The highest BCUT2D eigenvalue weighted by molar-refractivity contribution is 7.85. The van der Waals surface area contributed by atoms with E-state index in [2.05, 4.69) is 0 Å². The third-order valence-corrected chi connectivity index (χ3v) is 2.89. The largest absolute Gasteiger partial charge is 0.461 e. The Balaban J connectivity index is 2.76. The molecule has 92 valence electrons. The first kappa shape index (κ1) is 14.8. The Hall–Kier alpha value is -1.27. The molecule has 0 aliphatic carbocycles. The summed E-state index contributed by atoms with van der Waals surface area (Å²) in [5, 5.41) is 0. The van der Waals surface area contributed by atoms with Gasteiger partial charge in [0.05, 0.1) is 13.4 Å². The summed E-state index contributed by atoms with van der Waals surface area (Å²) in [7, 11) is 6.96. The second-order valence-corrected chi connectivity index (χ2v) is 5.07. The van der Waals surface area contributed by atoms with Crippen LogP contribution in [-0.4, -0.2) is 47.0 Å². The normalized spacial score (nSPS) is 11.2. The molecule has 0 aliphatic rings. The Bertz CT molecular complexity index is 541. The minimum absolute atomic E-state index is 0.0649. The van der Waals surface area contributed by atoms with Gasteiger partial charge in [0.25, 0.3) is 10.1 Å². The molecular formula is C10H10B2O5S. The number of hydrogen-bond acceptors (Lipinski definition) is 4. The van der Waals surface area contributed by atoms with Gasteiger partial charge in [-0.2, -0.15) is 8.42 Å². The van der Waals surface area contributed by atoms with E-state index in [1.807, 2.05) is 0 Å². The van der Waals surface area contributed by atoms with Crippen LogP contribution in [-0.2, 0) is 21.2 Å². The van der Waals surface area contributed by atoms with E-state index in [0.29, 0.717) is 11.0 Å². The highest BCUT2D eigenvalue weighted by Gasteiger charge is 2.14. The van der Waals surface area contributed by atoms with E-state index in [9.17, 15) is 13.2 Å². The predicted octanol–water partition coefficient (Wildman–Crippen LogP) is -0.806. The van der Waals surface area contributed by atoms with Gasteiger partial charge in [-0.05, 0) is 11.6 Å². The molecule has 0 aliphatic heterocycles. The summed E-state index contributed by atoms with van der Waals surface area (Å²) in [5.41, 5.74) is 0.990.